The molecule has 4 nitrogen and oxygen atoms in total. The summed E-state index contributed by atoms with van der Waals surface area (Å²) < 4.78 is 6.54. The number of halogens is 1. The van der Waals surface area contributed by atoms with Gasteiger partial charge in [0.1, 0.15) is 5.60 Å². The first-order chi connectivity index (χ1) is 10.3. The Kier molecular flexibility index (Phi) is 5.37. The monoisotopic (exact) mass is 368 g/mol. The van der Waals surface area contributed by atoms with Crippen molar-refractivity contribution in [2.45, 2.75) is 45.3 Å². The van der Waals surface area contributed by atoms with E-state index < -0.39 is 5.60 Å². The number of anilines is 1. The molecule has 0 unspecified atom stereocenters. The van der Waals surface area contributed by atoms with Crippen LogP contribution in [0.4, 0.5) is 10.5 Å². The maximum atomic E-state index is 12.1. The van der Waals surface area contributed by atoms with Crippen molar-refractivity contribution in [3.8, 4) is 0 Å². The molecule has 0 N–H and O–H groups in total. The van der Waals surface area contributed by atoms with Gasteiger partial charge in [-0.3, -0.25) is 0 Å². The lowest BCUT2D eigenvalue weighted by Crippen LogP contribution is -2.47. The predicted octanol–water partition coefficient (Wildman–Crippen LogP) is 4.28. The minimum Gasteiger partial charge on any atom is -0.444 e. The van der Waals surface area contributed by atoms with E-state index >= 15 is 0 Å². The molecule has 1 fully saturated rings. The summed E-state index contributed by atoms with van der Waals surface area (Å²) in [7, 11) is 1.84. The summed E-state index contributed by atoms with van der Waals surface area (Å²) >= 11 is 3.46. The maximum Gasteiger partial charge on any atom is 0.410 e. The first-order valence-corrected chi connectivity index (χ1v) is 8.52. The second kappa shape index (κ2) is 6.90. The van der Waals surface area contributed by atoms with Crippen molar-refractivity contribution in [3.63, 3.8) is 0 Å². The first kappa shape index (κ1) is 17.1. The molecule has 1 heterocycles. The van der Waals surface area contributed by atoms with Crippen molar-refractivity contribution < 1.29 is 9.53 Å². The van der Waals surface area contributed by atoms with Crippen LogP contribution < -0.4 is 4.90 Å². The zero-order chi connectivity index (χ0) is 16.3. The lowest BCUT2D eigenvalue weighted by Gasteiger charge is -2.38. The third-order valence-corrected chi connectivity index (χ3v) is 4.41. The number of ether oxygens (including phenoxy) is 1. The molecule has 0 radical (unpaired) electrons. The third kappa shape index (κ3) is 4.63. The van der Waals surface area contributed by atoms with Crippen LogP contribution in [0.3, 0.4) is 0 Å². The smallest absolute Gasteiger partial charge is 0.410 e. The number of nitrogens with zero attached hydrogens (tertiary/aromatic N) is 2. The molecule has 22 heavy (non-hydrogen) atoms. The van der Waals surface area contributed by atoms with E-state index in [1.165, 1.54) is 5.69 Å². The Bertz CT molecular complexity index is 502. The Labute approximate surface area is 141 Å². The van der Waals surface area contributed by atoms with Crippen LogP contribution in [-0.4, -0.2) is 42.8 Å². The molecule has 0 aliphatic carbocycles. The van der Waals surface area contributed by atoms with E-state index in [9.17, 15) is 4.79 Å². The summed E-state index contributed by atoms with van der Waals surface area (Å²) in [6.45, 7) is 7.61. The number of benzene rings is 1. The quantitative estimate of drug-likeness (QED) is 0.780. The number of hydrogen-bond acceptors (Lipinski definition) is 3. The van der Waals surface area contributed by atoms with E-state index in [0.717, 1.165) is 30.4 Å². The molecular weight excluding hydrogens is 344 g/mol. The fraction of sp³-hybridized carbons (Fsp3) is 0.588. The highest BCUT2D eigenvalue weighted by Gasteiger charge is 2.28. The Morgan fingerprint density at radius 1 is 1.23 bits per heavy atom. The van der Waals surface area contributed by atoms with Gasteiger partial charge in [-0.2, -0.15) is 0 Å². The minimum atomic E-state index is -0.441. The van der Waals surface area contributed by atoms with E-state index in [4.69, 9.17) is 4.74 Å². The average molecular weight is 369 g/mol. The van der Waals surface area contributed by atoms with Gasteiger partial charge in [-0.1, -0.05) is 15.9 Å². The van der Waals surface area contributed by atoms with Crippen LogP contribution in [0, 0.1) is 0 Å². The number of piperidine rings is 1. The highest BCUT2D eigenvalue weighted by atomic mass is 79.9. The highest BCUT2D eigenvalue weighted by molar-refractivity contribution is 9.10. The highest BCUT2D eigenvalue weighted by Crippen LogP contribution is 2.24. The van der Waals surface area contributed by atoms with Gasteiger partial charge in [0.25, 0.3) is 0 Å². The van der Waals surface area contributed by atoms with E-state index in [1.54, 1.807) is 4.90 Å². The molecule has 0 aromatic heterocycles. The molecule has 1 aromatic carbocycles. The van der Waals surface area contributed by atoms with E-state index in [2.05, 4.69) is 45.1 Å². The Balaban J connectivity index is 1.88. The molecule has 2 rings (SSSR count). The molecular formula is C17H25BrN2O2. The zero-order valence-electron chi connectivity index (χ0n) is 13.8. The van der Waals surface area contributed by atoms with Gasteiger partial charge < -0.3 is 14.5 Å². The number of rotatable bonds is 2. The Morgan fingerprint density at radius 3 is 2.27 bits per heavy atom. The molecule has 1 saturated heterocycles. The molecule has 1 aromatic rings. The van der Waals surface area contributed by atoms with E-state index in [0.29, 0.717) is 0 Å². The van der Waals surface area contributed by atoms with Gasteiger partial charge in [0.2, 0.25) is 0 Å². The molecule has 0 bridgehead atoms. The fourth-order valence-corrected chi connectivity index (χ4v) is 2.91. The van der Waals surface area contributed by atoms with Gasteiger partial charge in [0.15, 0.2) is 0 Å². The van der Waals surface area contributed by atoms with Crippen molar-refractivity contribution in [3.05, 3.63) is 28.7 Å². The van der Waals surface area contributed by atoms with Crippen LogP contribution in [0.25, 0.3) is 0 Å². The lowest BCUT2D eigenvalue weighted by atomic mass is 10.0. The van der Waals surface area contributed by atoms with Crippen molar-refractivity contribution in [2.24, 2.45) is 0 Å². The van der Waals surface area contributed by atoms with Gasteiger partial charge in [0, 0.05) is 36.3 Å². The maximum absolute atomic E-state index is 12.1. The Hall–Kier alpha value is -1.23. The van der Waals surface area contributed by atoms with Crippen molar-refractivity contribution in [1.82, 2.24) is 4.90 Å². The molecule has 0 spiro atoms. The fourth-order valence-electron chi connectivity index (χ4n) is 2.65. The van der Waals surface area contributed by atoms with Gasteiger partial charge in [0.05, 0.1) is 0 Å². The molecule has 0 atom stereocenters. The van der Waals surface area contributed by atoms with Crippen LogP contribution in [0.1, 0.15) is 33.6 Å². The van der Waals surface area contributed by atoms with Crippen molar-refractivity contribution in [2.75, 3.05) is 25.0 Å². The molecule has 5 heteroatoms. The normalized spacial score (nSPS) is 16.5. The average Bonchev–Trinajstić information content (AvgIpc) is 2.46. The first-order valence-electron chi connectivity index (χ1n) is 7.72. The van der Waals surface area contributed by atoms with Crippen LogP contribution in [0.2, 0.25) is 0 Å². The lowest BCUT2D eigenvalue weighted by molar-refractivity contribution is 0.0201. The van der Waals surface area contributed by atoms with Crippen molar-refractivity contribution in [1.29, 1.82) is 0 Å². The summed E-state index contributed by atoms with van der Waals surface area (Å²) in [5.74, 6) is 0. The van der Waals surface area contributed by atoms with Crippen LogP contribution in [0.15, 0.2) is 28.7 Å². The molecule has 1 aliphatic heterocycles. The van der Waals surface area contributed by atoms with Gasteiger partial charge in [-0.05, 0) is 57.9 Å². The topological polar surface area (TPSA) is 32.8 Å². The van der Waals surface area contributed by atoms with Crippen molar-refractivity contribution >= 4 is 27.7 Å². The molecule has 122 valence electrons. The van der Waals surface area contributed by atoms with Crippen LogP contribution >= 0.6 is 15.9 Å². The third-order valence-electron chi connectivity index (χ3n) is 3.89. The predicted molar refractivity (Wildman–Crippen MR) is 93.4 cm³/mol. The van der Waals surface area contributed by atoms with Crippen LogP contribution in [0.5, 0.6) is 0 Å². The van der Waals surface area contributed by atoms with E-state index in [1.807, 2.05) is 27.8 Å². The summed E-state index contributed by atoms with van der Waals surface area (Å²) in [6, 6.07) is 8.63. The second-order valence-corrected chi connectivity index (χ2v) is 7.70. The summed E-state index contributed by atoms with van der Waals surface area (Å²) in [4.78, 5) is 16.3. The standard InChI is InChI=1S/C17H25BrN2O2/c1-17(2,3)22-16(21)19(4)14-9-11-20(12-10-14)15-7-5-13(18)6-8-15/h5-8,14H,9-12H2,1-4H3. The minimum absolute atomic E-state index is 0.227. The largest absolute Gasteiger partial charge is 0.444 e. The second-order valence-electron chi connectivity index (χ2n) is 6.79. The Morgan fingerprint density at radius 2 is 1.77 bits per heavy atom. The summed E-state index contributed by atoms with van der Waals surface area (Å²) in [5.41, 5.74) is 0.797. The summed E-state index contributed by atoms with van der Waals surface area (Å²) in [5, 5.41) is 0. The van der Waals surface area contributed by atoms with Gasteiger partial charge in [-0.25, -0.2) is 4.79 Å². The molecule has 1 amide bonds. The number of carbonyl (C=O) groups excluding carboxylic acids is 1. The number of amides is 1. The van der Waals surface area contributed by atoms with Crippen LogP contribution in [-0.2, 0) is 4.74 Å². The number of carbonyl (C=O) groups is 1. The number of hydrogen-bond donors (Lipinski definition) is 0. The molecule has 0 saturated carbocycles. The zero-order valence-corrected chi connectivity index (χ0v) is 15.4. The SMILES string of the molecule is CN(C(=O)OC(C)(C)C)C1CCN(c2ccc(Br)cc2)CC1. The molecule has 1 aliphatic rings. The van der Waals surface area contributed by atoms with Gasteiger partial charge in [-0.15, -0.1) is 0 Å². The van der Waals surface area contributed by atoms with E-state index in [-0.39, 0.29) is 12.1 Å². The summed E-state index contributed by atoms with van der Waals surface area (Å²) in [6.07, 6.45) is 1.70. The van der Waals surface area contributed by atoms with Gasteiger partial charge >= 0.3 is 6.09 Å².